The van der Waals surface area contributed by atoms with Gasteiger partial charge in [0, 0.05) is 5.88 Å². The van der Waals surface area contributed by atoms with Crippen LogP contribution in [0.5, 0.6) is 0 Å². The summed E-state index contributed by atoms with van der Waals surface area (Å²) < 4.78 is 0. The number of rotatable bonds is 6. The fourth-order valence-corrected chi connectivity index (χ4v) is 4.97. The van der Waals surface area contributed by atoms with E-state index >= 15 is 0 Å². The highest BCUT2D eigenvalue weighted by atomic mass is 35.5. The van der Waals surface area contributed by atoms with Crippen LogP contribution in [0, 0.1) is 0 Å². The second-order valence-corrected chi connectivity index (χ2v) is 8.13. The van der Waals surface area contributed by atoms with Crippen molar-refractivity contribution in [3.63, 3.8) is 0 Å². The molecule has 0 saturated heterocycles. The van der Waals surface area contributed by atoms with E-state index in [1.165, 1.54) is 0 Å². The van der Waals surface area contributed by atoms with E-state index in [1.54, 1.807) is 0 Å². The van der Waals surface area contributed by atoms with Crippen LogP contribution in [0.1, 0.15) is 12.8 Å². The van der Waals surface area contributed by atoms with Gasteiger partial charge in [-0.05, 0) is 23.2 Å². The first kappa shape index (κ1) is 15.0. The van der Waals surface area contributed by atoms with Gasteiger partial charge in [-0.3, -0.25) is 0 Å². The van der Waals surface area contributed by atoms with Crippen LogP contribution in [0.2, 0.25) is 0 Å². The number of unbranched alkanes of at least 4 members (excludes halogenated alkanes) is 1. The number of benzene rings is 2. The highest BCUT2D eigenvalue weighted by Crippen LogP contribution is 2.06. The third-order valence-corrected chi connectivity index (χ3v) is 6.70. The predicted octanol–water partition coefficient (Wildman–Crippen LogP) is 2.85. The molecule has 0 unspecified atom stereocenters. The Morgan fingerprint density at radius 3 is 1.85 bits per heavy atom. The molecule has 0 aliphatic rings. The predicted molar refractivity (Wildman–Crippen MR) is 89.2 cm³/mol. The van der Waals surface area contributed by atoms with E-state index in [4.69, 9.17) is 11.6 Å². The van der Waals surface area contributed by atoms with Crippen LogP contribution in [-0.2, 0) is 0 Å². The fraction of sp³-hybridized carbons (Fsp3) is 0.176. The SMILES string of the molecule is O[Si](/C=C/CCCCl)(c1ccccc1)c1ccccc1. The molecule has 0 aliphatic carbocycles. The Balaban J connectivity index is 2.36. The molecule has 20 heavy (non-hydrogen) atoms. The zero-order valence-corrected chi connectivity index (χ0v) is 13.1. The topological polar surface area (TPSA) is 20.2 Å². The van der Waals surface area contributed by atoms with Gasteiger partial charge < -0.3 is 4.80 Å². The maximum atomic E-state index is 11.3. The molecular formula is C17H19ClOSi. The largest absolute Gasteiger partial charge is 0.421 e. The first-order chi connectivity index (χ1) is 9.77. The van der Waals surface area contributed by atoms with Crippen molar-refractivity contribution in [2.75, 3.05) is 5.88 Å². The van der Waals surface area contributed by atoms with Gasteiger partial charge in [0.15, 0.2) is 0 Å². The highest BCUT2D eigenvalue weighted by Gasteiger charge is 2.32. The highest BCUT2D eigenvalue weighted by molar-refractivity contribution is 7.00. The van der Waals surface area contributed by atoms with Gasteiger partial charge in [-0.25, -0.2) is 0 Å². The van der Waals surface area contributed by atoms with Crippen LogP contribution in [0.25, 0.3) is 0 Å². The van der Waals surface area contributed by atoms with Gasteiger partial charge in [0.25, 0.3) is 8.32 Å². The van der Waals surface area contributed by atoms with Crippen LogP contribution in [0.15, 0.2) is 72.4 Å². The molecule has 2 aromatic rings. The van der Waals surface area contributed by atoms with E-state index in [9.17, 15) is 4.80 Å². The third kappa shape index (κ3) is 3.60. The molecule has 1 N–H and O–H groups in total. The van der Waals surface area contributed by atoms with Gasteiger partial charge in [-0.15, -0.1) is 11.6 Å². The van der Waals surface area contributed by atoms with E-state index in [0.29, 0.717) is 5.88 Å². The lowest BCUT2D eigenvalue weighted by molar-refractivity contribution is 0.581. The second kappa shape index (κ2) is 7.43. The maximum absolute atomic E-state index is 11.3. The van der Waals surface area contributed by atoms with Crippen molar-refractivity contribution in [3.05, 3.63) is 72.4 Å². The smallest absolute Gasteiger partial charge is 0.277 e. The molecule has 0 spiro atoms. The quantitative estimate of drug-likeness (QED) is 0.494. The average Bonchev–Trinajstić information content (AvgIpc) is 2.53. The van der Waals surface area contributed by atoms with Gasteiger partial charge in [0.05, 0.1) is 0 Å². The number of alkyl halides is 1. The van der Waals surface area contributed by atoms with Crippen LogP contribution in [0.3, 0.4) is 0 Å². The fourth-order valence-electron chi connectivity index (χ4n) is 2.19. The molecule has 104 valence electrons. The summed E-state index contributed by atoms with van der Waals surface area (Å²) in [6.45, 7) is 0. The molecule has 0 fully saturated rings. The van der Waals surface area contributed by atoms with Crippen molar-refractivity contribution in [2.45, 2.75) is 12.8 Å². The first-order valence-corrected chi connectivity index (χ1v) is 9.40. The molecule has 2 rings (SSSR count). The normalized spacial score (nSPS) is 11.9. The van der Waals surface area contributed by atoms with Crippen LogP contribution >= 0.6 is 11.6 Å². The molecule has 1 nitrogen and oxygen atoms in total. The number of hydrogen-bond acceptors (Lipinski definition) is 1. The summed E-state index contributed by atoms with van der Waals surface area (Å²) in [5.74, 6) is 0.654. The lowest BCUT2D eigenvalue weighted by Crippen LogP contribution is -2.57. The second-order valence-electron chi connectivity index (χ2n) is 4.73. The van der Waals surface area contributed by atoms with Crippen molar-refractivity contribution >= 4 is 30.3 Å². The van der Waals surface area contributed by atoms with Crippen LogP contribution in [-0.4, -0.2) is 19.0 Å². The van der Waals surface area contributed by atoms with E-state index in [2.05, 4.69) is 6.08 Å². The monoisotopic (exact) mass is 302 g/mol. The lowest BCUT2D eigenvalue weighted by atomic mass is 10.3. The van der Waals surface area contributed by atoms with Crippen molar-refractivity contribution in [3.8, 4) is 0 Å². The van der Waals surface area contributed by atoms with Gasteiger partial charge >= 0.3 is 0 Å². The minimum absolute atomic E-state index is 0.654. The molecule has 0 bridgehead atoms. The molecule has 0 aromatic heterocycles. The van der Waals surface area contributed by atoms with E-state index in [1.807, 2.05) is 66.4 Å². The van der Waals surface area contributed by atoms with Gasteiger partial charge in [-0.2, -0.15) is 0 Å². The number of allylic oxidation sites excluding steroid dienone is 1. The molecule has 0 saturated carbocycles. The summed E-state index contributed by atoms with van der Waals surface area (Å²) in [5.41, 5.74) is 2.00. The maximum Gasteiger partial charge on any atom is 0.277 e. The summed E-state index contributed by atoms with van der Waals surface area (Å²) in [6.07, 6.45) is 3.90. The van der Waals surface area contributed by atoms with Gasteiger partial charge in [0.1, 0.15) is 0 Å². The Morgan fingerprint density at radius 2 is 1.40 bits per heavy atom. The van der Waals surface area contributed by atoms with Crippen molar-refractivity contribution in [1.29, 1.82) is 0 Å². The zero-order valence-electron chi connectivity index (χ0n) is 11.4. The molecule has 3 heteroatoms. The Labute approximate surface area is 126 Å². The Morgan fingerprint density at radius 1 is 0.900 bits per heavy atom. The lowest BCUT2D eigenvalue weighted by Gasteiger charge is -2.22. The van der Waals surface area contributed by atoms with Gasteiger partial charge in [-0.1, -0.05) is 72.4 Å². The molecule has 2 aromatic carbocycles. The Kier molecular flexibility index (Phi) is 5.59. The van der Waals surface area contributed by atoms with Crippen molar-refractivity contribution in [1.82, 2.24) is 0 Å². The molecule has 0 aliphatic heterocycles. The zero-order chi connectivity index (χ0) is 14.3. The molecule has 0 radical (unpaired) electrons. The number of halogens is 1. The number of hydrogen-bond donors (Lipinski definition) is 1. The van der Waals surface area contributed by atoms with Crippen LogP contribution < -0.4 is 10.4 Å². The Bertz CT molecular complexity index is 500. The first-order valence-electron chi connectivity index (χ1n) is 6.84. The third-order valence-electron chi connectivity index (χ3n) is 3.29. The molecule has 0 atom stereocenters. The standard InChI is InChI=1S/C17H19ClOSi/c18-14-8-3-9-15-20(19,16-10-4-1-5-11-16)17-12-6-2-7-13-17/h1-2,4-7,9-13,15,19H,3,8,14H2/b15-9+. The summed E-state index contributed by atoms with van der Waals surface area (Å²) in [7, 11) is -2.78. The van der Waals surface area contributed by atoms with E-state index in [0.717, 1.165) is 23.2 Å². The van der Waals surface area contributed by atoms with Crippen molar-refractivity contribution < 1.29 is 4.80 Å². The molecule has 0 amide bonds. The summed E-state index contributed by atoms with van der Waals surface area (Å²) in [6, 6.07) is 19.9. The Hall–Kier alpha value is -1.35. The molecular weight excluding hydrogens is 284 g/mol. The van der Waals surface area contributed by atoms with E-state index < -0.39 is 8.32 Å². The summed E-state index contributed by atoms with van der Waals surface area (Å²) >= 11 is 5.70. The minimum Gasteiger partial charge on any atom is -0.421 e. The van der Waals surface area contributed by atoms with Crippen molar-refractivity contribution in [2.24, 2.45) is 0 Å². The summed E-state index contributed by atoms with van der Waals surface area (Å²) in [5, 5.41) is 2.02. The average molecular weight is 303 g/mol. The van der Waals surface area contributed by atoms with Gasteiger partial charge in [0.2, 0.25) is 0 Å². The van der Waals surface area contributed by atoms with E-state index in [-0.39, 0.29) is 0 Å². The summed E-state index contributed by atoms with van der Waals surface area (Å²) in [4.78, 5) is 11.3. The van der Waals surface area contributed by atoms with Crippen LogP contribution in [0.4, 0.5) is 0 Å². The minimum atomic E-state index is -2.78. The molecule has 0 heterocycles.